The van der Waals surface area contributed by atoms with Crippen molar-refractivity contribution < 1.29 is 4.79 Å². The maximum absolute atomic E-state index is 12.3. The second kappa shape index (κ2) is 5.93. The van der Waals surface area contributed by atoms with E-state index in [1.165, 1.54) is 0 Å². The number of benzene rings is 1. The van der Waals surface area contributed by atoms with Crippen LogP contribution in [0.2, 0.25) is 0 Å². The van der Waals surface area contributed by atoms with E-state index in [0.717, 1.165) is 21.5 Å². The molecule has 3 aromatic rings. The van der Waals surface area contributed by atoms with Crippen molar-refractivity contribution in [2.45, 2.75) is 6.54 Å². The Balaban J connectivity index is 1.87. The number of pyridine rings is 1. The molecule has 1 amide bonds. The molecule has 21 heavy (non-hydrogen) atoms. The van der Waals surface area contributed by atoms with Gasteiger partial charge in [-0.15, -0.1) is 11.3 Å². The molecule has 2 heterocycles. The van der Waals surface area contributed by atoms with E-state index in [2.05, 4.69) is 15.6 Å². The average Bonchev–Trinajstić information content (AvgIpc) is 3.04. The number of hydrogen-bond acceptors (Lipinski definition) is 4. The molecule has 2 N–H and O–H groups in total. The van der Waals surface area contributed by atoms with Gasteiger partial charge in [0.15, 0.2) is 0 Å². The van der Waals surface area contributed by atoms with Crippen LogP contribution in [0.1, 0.15) is 15.4 Å². The lowest BCUT2D eigenvalue weighted by Gasteiger charge is -2.09. The maximum Gasteiger partial charge on any atom is 0.270 e. The predicted molar refractivity (Wildman–Crippen MR) is 86.8 cm³/mol. The number of thiophene rings is 1. The van der Waals surface area contributed by atoms with Crippen molar-refractivity contribution in [2.24, 2.45) is 0 Å². The minimum absolute atomic E-state index is 0.161. The number of rotatable bonds is 4. The minimum atomic E-state index is -0.161. The van der Waals surface area contributed by atoms with Crippen LogP contribution in [0, 0.1) is 0 Å². The molecule has 0 radical (unpaired) electrons. The topological polar surface area (TPSA) is 54.0 Å². The van der Waals surface area contributed by atoms with Gasteiger partial charge >= 0.3 is 0 Å². The lowest BCUT2D eigenvalue weighted by molar-refractivity contribution is 0.0946. The molecular weight excluding hydrogens is 282 g/mol. The summed E-state index contributed by atoms with van der Waals surface area (Å²) in [5.74, 6) is 0.556. The zero-order valence-corrected chi connectivity index (χ0v) is 12.4. The van der Waals surface area contributed by atoms with Crippen LogP contribution in [0.4, 0.5) is 5.82 Å². The standard InChI is InChI=1S/C16H15N3OS/c1-17-15-13-7-3-2-5-11(13)9-14(19-15)16(20)18-10-12-6-4-8-21-12/h2-9H,10H2,1H3,(H,17,19)(H,18,20). The number of fused-ring (bicyclic) bond motifs is 1. The highest BCUT2D eigenvalue weighted by Crippen LogP contribution is 2.22. The van der Waals surface area contributed by atoms with Crippen LogP contribution in [0.5, 0.6) is 0 Å². The lowest BCUT2D eigenvalue weighted by Crippen LogP contribution is -2.23. The fourth-order valence-electron chi connectivity index (χ4n) is 2.18. The summed E-state index contributed by atoms with van der Waals surface area (Å²) in [6.07, 6.45) is 0. The van der Waals surface area contributed by atoms with Crippen molar-refractivity contribution in [3.8, 4) is 0 Å². The zero-order chi connectivity index (χ0) is 14.7. The normalized spacial score (nSPS) is 10.5. The highest BCUT2D eigenvalue weighted by Gasteiger charge is 2.11. The maximum atomic E-state index is 12.3. The highest BCUT2D eigenvalue weighted by atomic mass is 32.1. The molecule has 0 aliphatic carbocycles. The van der Waals surface area contributed by atoms with Gasteiger partial charge in [-0.25, -0.2) is 4.98 Å². The summed E-state index contributed by atoms with van der Waals surface area (Å²) in [5.41, 5.74) is 0.426. The third kappa shape index (κ3) is 2.87. The molecule has 3 rings (SSSR count). The van der Waals surface area contributed by atoms with Gasteiger partial charge in [0.05, 0.1) is 6.54 Å². The summed E-state index contributed by atoms with van der Waals surface area (Å²) in [7, 11) is 1.81. The molecule has 0 aliphatic heterocycles. The second-order valence-corrected chi connectivity index (χ2v) is 5.62. The van der Waals surface area contributed by atoms with E-state index in [-0.39, 0.29) is 5.91 Å². The largest absolute Gasteiger partial charge is 0.373 e. The molecule has 106 valence electrons. The summed E-state index contributed by atoms with van der Waals surface area (Å²) in [6, 6.07) is 13.7. The Bertz CT molecular complexity index is 768. The molecule has 4 nitrogen and oxygen atoms in total. The summed E-state index contributed by atoms with van der Waals surface area (Å²) < 4.78 is 0. The summed E-state index contributed by atoms with van der Waals surface area (Å²) in [6.45, 7) is 0.528. The van der Waals surface area contributed by atoms with Gasteiger partial charge in [0.2, 0.25) is 0 Å². The smallest absolute Gasteiger partial charge is 0.270 e. The van der Waals surface area contributed by atoms with Gasteiger partial charge in [0, 0.05) is 17.3 Å². The van der Waals surface area contributed by atoms with E-state index in [1.54, 1.807) is 11.3 Å². The second-order valence-electron chi connectivity index (χ2n) is 4.59. The number of anilines is 1. The van der Waals surface area contributed by atoms with E-state index < -0.39 is 0 Å². The summed E-state index contributed by atoms with van der Waals surface area (Å²) in [5, 5.41) is 9.95. The van der Waals surface area contributed by atoms with E-state index in [1.807, 2.05) is 54.9 Å². The van der Waals surface area contributed by atoms with Gasteiger partial charge in [-0.05, 0) is 22.9 Å². The Hall–Kier alpha value is -2.40. The highest BCUT2D eigenvalue weighted by molar-refractivity contribution is 7.09. The first-order valence-electron chi connectivity index (χ1n) is 6.66. The van der Waals surface area contributed by atoms with E-state index in [9.17, 15) is 4.79 Å². The molecule has 0 bridgehead atoms. The number of nitrogens with zero attached hydrogens (tertiary/aromatic N) is 1. The number of aromatic nitrogens is 1. The van der Waals surface area contributed by atoms with Crippen LogP contribution >= 0.6 is 11.3 Å². The summed E-state index contributed by atoms with van der Waals surface area (Å²) in [4.78, 5) is 17.8. The fraction of sp³-hybridized carbons (Fsp3) is 0.125. The zero-order valence-electron chi connectivity index (χ0n) is 11.6. The van der Waals surface area contributed by atoms with Crippen molar-refractivity contribution in [3.63, 3.8) is 0 Å². The molecule has 5 heteroatoms. The first-order chi connectivity index (χ1) is 10.3. The average molecular weight is 297 g/mol. The van der Waals surface area contributed by atoms with Gasteiger partial charge in [-0.2, -0.15) is 0 Å². The third-order valence-corrected chi connectivity index (χ3v) is 4.09. The van der Waals surface area contributed by atoms with Gasteiger partial charge in [0.1, 0.15) is 11.5 Å². The Labute approximate surface area is 126 Å². The van der Waals surface area contributed by atoms with Gasteiger partial charge < -0.3 is 10.6 Å². The first kappa shape index (κ1) is 13.6. The van der Waals surface area contributed by atoms with E-state index >= 15 is 0 Å². The molecule has 0 spiro atoms. The van der Waals surface area contributed by atoms with Crippen molar-refractivity contribution in [1.82, 2.24) is 10.3 Å². The molecular formula is C16H15N3OS. The Morgan fingerprint density at radius 2 is 2.10 bits per heavy atom. The SMILES string of the molecule is CNc1nc(C(=O)NCc2cccs2)cc2ccccc12. The molecule has 0 saturated heterocycles. The fourth-order valence-corrected chi connectivity index (χ4v) is 2.82. The summed E-state index contributed by atoms with van der Waals surface area (Å²) >= 11 is 1.62. The van der Waals surface area contributed by atoms with Gasteiger partial charge in [0.25, 0.3) is 5.91 Å². The van der Waals surface area contributed by atoms with Crippen LogP contribution in [0.15, 0.2) is 47.8 Å². The number of carbonyl (C=O) groups is 1. The van der Waals surface area contributed by atoms with E-state index in [0.29, 0.717) is 12.2 Å². The van der Waals surface area contributed by atoms with Crippen molar-refractivity contribution >= 4 is 33.8 Å². The van der Waals surface area contributed by atoms with Crippen LogP contribution in [0.25, 0.3) is 10.8 Å². The van der Waals surface area contributed by atoms with Gasteiger partial charge in [-0.1, -0.05) is 30.3 Å². The van der Waals surface area contributed by atoms with Crippen LogP contribution in [-0.4, -0.2) is 17.9 Å². The molecule has 1 aromatic carbocycles. The Kier molecular flexibility index (Phi) is 3.83. The molecule has 0 atom stereocenters. The van der Waals surface area contributed by atoms with Crippen LogP contribution < -0.4 is 10.6 Å². The molecule has 0 unspecified atom stereocenters. The van der Waals surface area contributed by atoms with Crippen molar-refractivity contribution in [2.75, 3.05) is 12.4 Å². The molecule has 2 aromatic heterocycles. The van der Waals surface area contributed by atoms with Crippen molar-refractivity contribution in [3.05, 3.63) is 58.4 Å². The minimum Gasteiger partial charge on any atom is -0.373 e. The molecule has 0 fully saturated rings. The van der Waals surface area contributed by atoms with E-state index in [4.69, 9.17) is 0 Å². The quantitative estimate of drug-likeness (QED) is 0.777. The number of carbonyl (C=O) groups excluding carboxylic acids is 1. The number of amides is 1. The van der Waals surface area contributed by atoms with Gasteiger partial charge in [-0.3, -0.25) is 4.79 Å². The Morgan fingerprint density at radius 1 is 1.24 bits per heavy atom. The lowest BCUT2D eigenvalue weighted by atomic mass is 10.1. The molecule has 0 aliphatic rings. The third-order valence-electron chi connectivity index (χ3n) is 3.21. The van der Waals surface area contributed by atoms with Crippen LogP contribution in [0.3, 0.4) is 0 Å². The number of nitrogens with one attached hydrogen (secondary N) is 2. The predicted octanol–water partition coefficient (Wildman–Crippen LogP) is 3.27. The number of hydrogen-bond donors (Lipinski definition) is 2. The first-order valence-corrected chi connectivity index (χ1v) is 7.54. The van der Waals surface area contributed by atoms with Crippen LogP contribution in [-0.2, 0) is 6.54 Å². The van der Waals surface area contributed by atoms with Crippen molar-refractivity contribution in [1.29, 1.82) is 0 Å². The Morgan fingerprint density at radius 3 is 2.86 bits per heavy atom. The molecule has 0 saturated carbocycles. The monoisotopic (exact) mass is 297 g/mol.